The second-order valence-electron chi connectivity index (χ2n) is 12.5. The molecule has 5 aromatic rings. The third kappa shape index (κ3) is 12.1. The summed E-state index contributed by atoms with van der Waals surface area (Å²) >= 11 is 0. The largest absolute Gasteiger partial charge is 0.332 e. The molecule has 0 aliphatic rings. The van der Waals surface area contributed by atoms with Crippen LogP contribution in [0.3, 0.4) is 0 Å². The fourth-order valence-electron chi connectivity index (χ4n) is 6.30. The Hall–Kier alpha value is -5.44. The maximum Gasteiger partial charge on any atom is 0.246 e. The van der Waals surface area contributed by atoms with Gasteiger partial charge in [-0.05, 0) is 53.8 Å². The summed E-state index contributed by atoms with van der Waals surface area (Å²) in [5.41, 5.74) is 5.64. The predicted octanol–water partition coefficient (Wildman–Crippen LogP) is 5.72. The maximum atomic E-state index is 13.8. The van der Waals surface area contributed by atoms with Gasteiger partial charge in [-0.15, -0.1) is 0 Å². The average Bonchev–Trinajstić information content (AvgIpc) is 3.18. The lowest BCUT2D eigenvalue weighted by Gasteiger charge is -2.26. The lowest BCUT2D eigenvalue weighted by Crippen LogP contribution is -2.47. The minimum atomic E-state index is -0.510. The Morgan fingerprint density at radius 2 is 1.04 bits per heavy atom. The molecule has 8 heteroatoms. The highest BCUT2D eigenvalue weighted by atomic mass is 16.2. The first kappa shape index (κ1) is 36.8. The quantitative estimate of drug-likeness (QED) is 0.0965. The summed E-state index contributed by atoms with van der Waals surface area (Å²) < 4.78 is 0. The average molecular weight is 682 g/mol. The molecule has 0 radical (unpaired) electrons. The number of aromatic nitrogens is 1. The molecule has 3 amide bonds. The van der Waals surface area contributed by atoms with E-state index in [-0.39, 0.29) is 37.4 Å². The van der Waals surface area contributed by atoms with E-state index in [0.717, 1.165) is 23.2 Å². The lowest BCUT2D eigenvalue weighted by atomic mass is 9.88. The van der Waals surface area contributed by atoms with E-state index in [4.69, 9.17) is 0 Å². The number of amides is 3. The number of rotatable bonds is 19. The van der Waals surface area contributed by atoms with Crippen LogP contribution in [0, 0.1) is 0 Å². The summed E-state index contributed by atoms with van der Waals surface area (Å²) in [5, 5.41) is 8.87. The minimum absolute atomic E-state index is 0.0117. The van der Waals surface area contributed by atoms with Crippen LogP contribution < -0.4 is 16.0 Å². The monoisotopic (exact) mass is 681 g/mol. The normalized spacial score (nSPS) is 11.0. The van der Waals surface area contributed by atoms with Gasteiger partial charge in [0.2, 0.25) is 17.7 Å². The lowest BCUT2D eigenvalue weighted by molar-refractivity contribution is -0.137. The zero-order chi connectivity index (χ0) is 35.5. The van der Waals surface area contributed by atoms with E-state index in [0.29, 0.717) is 32.5 Å². The third-order valence-electron chi connectivity index (χ3n) is 8.92. The van der Waals surface area contributed by atoms with E-state index in [1.807, 2.05) is 91.0 Å². The van der Waals surface area contributed by atoms with Gasteiger partial charge in [-0.25, -0.2) is 0 Å². The van der Waals surface area contributed by atoms with Crippen LogP contribution in [0.1, 0.15) is 52.6 Å². The predicted molar refractivity (Wildman–Crippen MR) is 202 cm³/mol. The molecule has 0 saturated heterocycles. The second-order valence-corrected chi connectivity index (χ2v) is 12.5. The zero-order valence-electron chi connectivity index (χ0n) is 29.0. The molecule has 8 nitrogen and oxygen atoms in total. The van der Waals surface area contributed by atoms with Crippen molar-refractivity contribution in [1.29, 1.82) is 0 Å². The van der Waals surface area contributed by atoms with E-state index in [9.17, 15) is 14.4 Å². The van der Waals surface area contributed by atoms with Gasteiger partial charge in [0.25, 0.3) is 0 Å². The van der Waals surface area contributed by atoms with Crippen LogP contribution >= 0.6 is 0 Å². The molecule has 1 heterocycles. The first-order valence-electron chi connectivity index (χ1n) is 17.7. The Morgan fingerprint density at radius 1 is 0.549 bits per heavy atom. The molecule has 0 saturated carbocycles. The van der Waals surface area contributed by atoms with Crippen molar-refractivity contribution >= 4 is 17.7 Å². The van der Waals surface area contributed by atoms with Gasteiger partial charge in [-0.3, -0.25) is 24.7 Å². The van der Waals surface area contributed by atoms with Crippen molar-refractivity contribution in [2.24, 2.45) is 0 Å². The molecular formula is C43H47N5O3. The third-order valence-corrected chi connectivity index (χ3v) is 8.92. The smallest absolute Gasteiger partial charge is 0.246 e. The molecule has 0 unspecified atom stereocenters. The van der Waals surface area contributed by atoms with Crippen LogP contribution in [0.15, 0.2) is 146 Å². The van der Waals surface area contributed by atoms with Crippen molar-refractivity contribution in [3.63, 3.8) is 0 Å². The van der Waals surface area contributed by atoms with Crippen molar-refractivity contribution in [1.82, 2.24) is 25.8 Å². The molecule has 51 heavy (non-hydrogen) atoms. The van der Waals surface area contributed by atoms with Crippen LogP contribution in [0.4, 0.5) is 0 Å². The summed E-state index contributed by atoms with van der Waals surface area (Å²) in [4.78, 5) is 45.4. The molecular weight excluding hydrogens is 635 g/mol. The van der Waals surface area contributed by atoms with Crippen molar-refractivity contribution in [2.75, 3.05) is 39.3 Å². The molecule has 3 N–H and O–H groups in total. The summed E-state index contributed by atoms with van der Waals surface area (Å²) in [5.74, 6) is -0.934. The van der Waals surface area contributed by atoms with Gasteiger partial charge in [0, 0.05) is 43.2 Å². The Kier molecular flexibility index (Phi) is 14.6. The molecule has 262 valence electrons. The molecule has 0 atom stereocenters. The van der Waals surface area contributed by atoms with Crippen LogP contribution in [-0.2, 0) is 20.8 Å². The van der Waals surface area contributed by atoms with Crippen LogP contribution in [0.2, 0.25) is 0 Å². The van der Waals surface area contributed by atoms with Gasteiger partial charge in [-0.2, -0.15) is 0 Å². The molecule has 0 aliphatic heterocycles. The van der Waals surface area contributed by atoms with Gasteiger partial charge in [0.05, 0.1) is 19.6 Å². The second kappa shape index (κ2) is 20.3. The summed E-state index contributed by atoms with van der Waals surface area (Å²) in [6.07, 6.45) is 3.81. The van der Waals surface area contributed by atoms with Crippen LogP contribution in [-0.4, -0.2) is 66.9 Å². The number of benzene rings is 4. The highest BCUT2D eigenvalue weighted by Crippen LogP contribution is 2.29. The molecule has 1 aromatic heterocycles. The molecule has 0 aliphatic carbocycles. The number of nitrogens with zero attached hydrogens (tertiary/aromatic N) is 2. The highest BCUT2D eigenvalue weighted by molar-refractivity contribution is 5.98. The van der Waals surface area contributed by atoms with Crippen molar-refractivity contribution in [3.8, 4) is 0 Å². The maximum absolute atomic E-state index is 13.8. The molecule has 4 aromatic carbocycles. The minimum Gasteiger partial charge on any atom is -0.332 e. The van der Waals surface area contributed by atoms with Gasteiger partial charge in [0.15, 0.2) is 0 Å². The number of hydrogen-bond acceptors (Lipinski definition) is 6. The van der Waals surface area contributed by atoms with Crippen LogP contribution in [0.5, 0.6) is 0 Å². The summed E-state index contributed by atoms with van der Waals surface area (Å²) in [7, 11) is 0. The number of imide groups is 1. The first-order chi connectivity index (χ1) is 25.1. The SMILES string of the molecule is O=C(CNCCc1ccccn1)NC(=O)CN(CCC(c1ccccc1)c1ccccc1)C(=O)CNCCC(c1ccccc1)c1ccccc1. The fraction of sp³-hybridized carbons (Fsp3) is 0.256. The van der Waals surface area contributed by atoms with E-state index >= 15 is 0 Å². The standard InChI is InChI=1S/C43H47N5O3/c49-41(31-44-28-24-38-23-13-14-27-46-38)47-42(50)33-48(30-26-40(36-19-9-3-10-20-36)37-21-11-4-12-22-37)43(51)32-45-29-25-39(34-15-5-1-6-16-34)35-17-7-2-8-18-35/h1-23,27,39-40,44-45H,24-26,28-33H2,(H,47,49,50). The topological polar surface area (TPSA) is 103 Å². The van der Waals surface area contributed by atoms with Gasteiger partial charge < -0.3 is 15.5 Å². The summed E-state index contributed by atoms with van der Waals surface area (Å²) in [6, 6.07) is 46.9. The van der Waals surface area contributed by atoms with Crippen molar-refractivity contribution < 1.29 is 14.4 Å². The van der Waals surface area contributed by atoms with Crippen molar-refractivity contribution in [3.05, 3.63) is 174 Å². The van der Waals surface area contributed by atoms with E-state index in [1.54, 1.807) is 11.1 Å². The Bertz CT molecular complexity index is 1680. The first-order valence-corrected chi connectivity index (χ1v) is 17.7. The number of hydrogen-bond donors (Lipinski definition) is 3. The van der Waals surface area contributed by atoms with Crippen LogP contribution in [0.25, 0.3) is 0 Å². The van der Waals surface area contributed by atoms with E-state index in [1.165, 1.54) is 11.1 Å². The molecule has 0 bridgehead atoms. The van der Waals surface area contributed by atoms with Crippen molar-refractivity contribution in [2.45, 2.75) is 31.1 Å². The number of carbonyl (C=O) groups excluding carboxylic acids is 3. The Balaban J connectivity index is 1.20. The van der Waals surface area contributed by atoms with E-state index in [2.05, 4.69) is 69.5 Å². The molecule has 0 fully saturated rings. The van der Waals surface area contributed by atoms with E-state index < -0.39 is 11.8 Å². The van der Waals surface area contributed by atoms with Gasteiger partial charge in [-0.1, -0.05) is 127 Å². The fourth-order valence-corrected chi connectivity index (χ4v) is 6.30. The molecule has 5 rings (SSSR count). The Labute approximate surface area is 301 Å². The number of nitrogens with one attached hydrogen (secondary N) is 3. The van der Waals surface area contributed by atoms with Gasteiger partial charge >= 0.3 is 0 Å². The Morgan fingerprint density at radius 3 is 1.55 bits per heavy atom. The summed E-state index contributed by atoms with van der Waals surface area (Å²) in [6.45, 7) is 1.35. The number of pyridine rings is 1. The van der Waals surface area contributed by atoms with Gasteiger partial charge in [0.1, 0.15) is 0 Å². The number of carbonyl (C=O) groups is 3. The zero-order valence-corrected chi connectivity index (χ0v) is 29.0. The highest BCUT2D eigenvalue weighted by Gasteiger charge is 2.22. The molecule has 0 spiro atoms.